The van der Waals surface area contributed by atoms with E-state index in [1.165, 1.54) is 0 Å². The molecule has 0 aliphatic carbocycles. The summed E-state index contributed by atoms with van der Waals surface area (Å²) in [6.45, 7) is 4.15. The molecule has 0 spiro atoms. The van der Waals surface area contributed by atoms with Crippen LogP contribution in [0.2, 0.25) is 0 Å². The van der Waals surface area contributed by atoms with Crippen molar-refractivity contribution in [2.45, 2.75) is 26.4 Å². The first-order valence-electron chi connectivity index (χ1n) is 7.88. The summed E-state index contributed by atoms with van der Waals surface area (Å²) in [6.07, 6.45) is 2.12. The van der Waals surface area contributed by atoms with Gasteiger partial charge in [-0.3, -0.25) is 4.79 Å². The lowest BCUT2D eigenvalue weighted by molar-refractivity contribution is 0.0661. The predicted molar refractivity (Wildman–Crippen MR) is 91.5 cm³/mol. The van der Waals surface area contributed by atoms with Gasteiger partial charge in [0, 0.05) is 17.6 Å². The van der Waals surface area contributed by atoms with Crippen LogP contribution in [0.15, 0.2) is 45.3 Å². The zero-order valence-corrected chi connectivity index (χ0v) is 14.7. The monoisotopic (exact) mass is 377 g/mol. The number of hydrogen-bond acceptors (Lipinski definition) is 3. The first kappa shape index (κ1) is 16.1. The zero-order chi connectivity index (χ0) is 16.2. The smallest absolute Gasteiger partial charge is 0.289 e. The number of likely N-dealkylation sites (tertiary alicyclic amines) is 1. The molecule has 3 rings (SSSR count). The quantitative estimate of drug-likeness (QED) is 0.787. The van der Waals surface area contributed by atoms with Crippen molar-refractivity contribution in [1.29, 1.82) is 0 Å². The van der Waals surface area contributed by atoms with Gasteiger partial charge in [0.2, 0.25) is 0 Å². The Morgan fingerprint density at radius 2 is 2.09 bits per heavy atom. The molecule has 4 nitrogen and oxygen atoms in total. The van der Waals surface area contributed by atoms with E-state index in [2.05, 4.69) is 22.9 Å². The maximum Gasteiger partial charge on any atom is 0.289 e. The maximum absolute atomic E-state index is 12.4. The lowest BCUT2D eigenvalue weighted by atomic mass is 9.99. The number of benzene rings is 1. The Morgan fingerprint density at radius 3 is 2.83 bits per heavy atom. The van der Waals surface area contributed by atoms with E-state index in [0.29, 0.717) is 24.0 Å². The van der Waals surface area contributed by atoms with Crippen molar-refractivity contribution in [3.63, 3.8) is 0 Å². The van der Waals surface area contributed by atoms with Crippen molar-refractivity contribution in [1.82, 2.24) is 4.90 Å². The van der Waals surface area contributed by atoms with E-state index in [1.807, 2.05) is 29.2 Å². The number of carbonyl (C=O) groups excluding carboxylic acids is 1. The average Bonchev–Trinajstić information content (AvgIpc) is 3.02. The van der Waals surface area contributed by atoms with Crippen LogP contribution in [-0.2, 0) is 6.61 Å². The fourth-order valence-electron chi connectivity index (χ4n) is 2.65. The Balaban J connectivity index is 1.58. The van der Waals surface area contributed by atoms with Crippen LogP contribution in [0.1, 0.15) is 36.1 Å². The minimum absolute atomic E-state index is 0.0226. The molecular weight excluding hydrogens is 358 g/mol. The molecule has 0 N–H and O–H groups in total. The van der Waals surface area contributed by atoms with Gasteiger partial charge in [-0.05, 0) is 49.1 Å². The summed E-state index contributed by atoms with van der Waals surface area (Å²) >= 11 is 3.41. The Morgan fingerprint density at radius 1 is 1.30 bits per heavy atom. The van der Waals surface area contributed by atoms with Gasteiger partial charge in [-0.15, -0.1) is 0 Å². The third kappa shape index (κ3) is 4.16. The standard InChI is InChI=1S/C18H20BrNO3/c1-13-7-9-20(10-8-13)18(21)17-6-5-16(23-17)12-22-15-4-2-3-14(19)11-15/h2-6,11,13H,7-10,12H2,1H3. The topological polar surface area (TPSA) is 42.7 Å². The van der Waals surface area contributed by atoms with Crippen LogP contribution >= 0.6 is 15.9 Å². The van der Waals surface area contributed by atoms with Gasteiger partial charge in [0.15, 0.2) is 5.76 Å². The Hall–Kier alpha value is -1.75. The van der Waals surface area contributed by atoms with Crippen molar-refractivity contribution in [2.24, 2.45) is 5.92 Å². The summed E-state index contributed by atoms with van der Waals surface area (Å²) in [6, 6.07) is 11.2. The van der Waals surface area contributed by atoms with Crippen molar-refractivity contribution in [3.8, 4) is 5.75 Å². The van der Waals surface area contributed by atoms with Crippen LogP contribution < -0.4 is 4.74 Å². The van der Waals surface area contributed by atoms with Gasteiger partial charge < -0.3 is 14.1 Å². The van der Waals surface area contributed by atoms with E-state index < -0.39 is 0 Å². The lowest BCUT2D eigenvalue weighted by Crippen LogP contribution is -2.37. The molecule has 0 unspecified atom stereocenters. The fourth-order valence-corrected chi connectivity index (χ4v) is 3.03. The van der Waals surface area contributed by atoms with Crippen molar-refractivity contribution < 1.29 is 13.9 Å². The Bertz CT molecular complexity index is 674. The lowest BCUT2D eigenvalue weighted by Gasteiger charge is -2.29. The minimum atomic E-state index is -0.0226. The maximum atomic E-state index is 12.4. The van der Waals surface area contributed by atoms with E-state index in [4.69, 9.17) is 9.15 Å². The van der Waals surface area contributed by atoms with Crippen LogP contribution in [0.3, 0.4) is 0 Å². The van der Waals surface area contributed by atoms with Gasteiger partial charge in [0.1, 0.15) is 18.1 Å². The van der Waals surface area contributed by atoms with Gasteiger partial charge in [0.05, 0.1) is 0 Å². The number of hydrogen-bond donors (Lipinski definition) is 0. The van der Waals surface area contributed by atoms with Crippen LogP contribution in [0.25, 0.3) is 0 Å². The predicted octanol–water partition coefficient (Wildman–Crippen LogP) is 4.49. The summed E-state index contributed by atoms with van der Waals surface area (Å²) in [5.41, 5.74) is 0. The highest BCUT2D eigenvalue weighted by molar-refractivity contribution is 9.10. The second kappa shape index (κ2) is 7.21. The molecule has 2 aromatic rings. The van der Waals surface area contributed by atoms with Gasteiger partial charge in [-0.1, -0.05) is 28.9 Å². The largest absolute Gasteiger partial charge is 0.486 e. The van der Waals surface area contributed by atoms with Crippen molar-refractivity contribution in [3.05, 3.63) is 52.4 Å². The van der Waals surface area contributed by atoms with E-state index in [0.717, 1.165) is 36.2 Å². The van der Waals surface area contributed by atoms with Crippen molar-refractivity contribution in [2.75, 3.05) is 13.1 Å². The van der Waals surface area contributed by atoms with Crippen LogP contribution in [0.5, 0.6) is 5.75 Å². The molecule has 0 saturated carbocycles. The van der Waals surface area contributed by atoms with E-state index in [-0.39, 0.29) is 5.91 Å². The van der Waals surface area contributed by atoms with Gasteiger partial charge in [0.25, 0.3) is 5.91 Å². The van der Waals surface area contributed by atoms with Crippen LogP contribution in [0, 0.1) is 5.92 Å². The van der Waals surface area contributed by atoms with Gasteiger partial charge in [-0.2, -0.15) is 0 Å². The molecule has 23 heavy (non-hydrogen) atoms. The highest BCUT2D eigenvalue weighted by Crippen LogP contribution is 2.21. The highest BCUT2D eigenvalue weighted by atomic mass is 79.9. The van der Waals surface area contributed by atoms with E-state index in [1.54, 1.807) is 12.1 Å². The molecule has 5 heteroatoms. The normalized spacial score (nSPS) is 15.7. The number of amides is 1. The number of furan rings is 1. The Kier molecular flexibility index (Phi) is 5.06. The van der Waals surface area contributed by atoms with Gasteiger partial charge in [-0.25, -0.2) is 0 Å². The second-order valence-corrected chi connectivity index (χ2v) is 6.90. The minimum Gasteiger partial charge on any atom is -0.486 e. The molecule has 0 radical (unpaired) electrons. The van der Waals surface area contributed by atoms with Crippen LogP contribution in [0.4, 0.5) is 0 Å². The molecule has 1 saturated heterocycles. The third-order valence-corrected chi connectivity index (χ3v) is 4.61. The molecule has 1 aliphatic heterocycles. The summed E-state index contributed by atoms with van der Waals surface area (Å²) in [5.74, 6) is 2.48. The number of ether oxygens (including phenoxy) is 1. The second-order valence-electron chi connectivity index (χ2n) is 5.99. The molecule has 1 aliphatic rings. The number of rotatable bonds is 4. The Labute approximate surface area is 144 Å². The molecule has 1 aromatic heterocycles. The zero-order valence-electron chi connectivity index (χ0n) is 13.1. The third-order valence-electron chi connectivity index (χ3n) is 4.12. The number of nitrogens with zero attached hydrogens (tertiary/aromatic N) is 1. The number of piperidine rings is 1. The van der Waals surface area contributed by atoms with Gasteiger partial charge >= 0.3 is 0 Å². The van der Waals surface area contributed by atoms with Crippen molar-refractivity contribution >= 4 is 21.8 Å². The summed E-state index contributed by atoms with van der Waals surface area (Å²) < 4.78 is 12.3. The fraction of sp³-hybridized carbons (Fsp3) is 0.389. The summed E-state index contributed by atoms with van der Waals surface area (Å²) in [4.78, 5) is 14.3. The van der Waals surface area contributed by atoms with Crippen LogP contribution in [-0.4, -0.2) is 23.9 Å². The summed E-state index contributed by atoms with van der Waals surface area (Å²) in [7, 11) is 0. The number of carbonyl (C=O) groups is 1. The molecule has 0 bridgehead atoms. The SMILES string of the molecule is CC1CCN(C(=O)c2ccc(COc3cccc(Br)c3)o2)CC1. The molecule has 1 aromatic carbocycles. The highest BCUT2D eigenvalue weighted by Gasteiger charge is 2.23. The molecule has 0 atom stereocenters. The number of halogens is 1. The molecule has 1 amide bonds. The first-order valence-corrected chi connectivity index (χ1v) is 8.67. The first-order chi connectivity index (χ1) is 11.1. The van der Waals surface area contributed by atoms with E-state index in [9.17, 15) is 4.79 Å². The molecule has 122 valence electrons. The average molecular weight is 378 g/mol. The summed E-state index contributed by atoms with van der Waals surface area (Å²) in [5, 5.41) is 0. The molecular formula is C18H20BrNO3. The van der Waals surface area contributed by atoms with E-state index >= 15 is 0 Å². The molecule has 2 heterocycles. The molecule has 1 fully saturated rings.